The van der Waals surface area contributed by atoms with Gasteiger partial charge < -0.3 is 10.6 Å². The van der Waals surface area contributed by atoms with Gasteiger partial charge in [-0.05, 0) is 52.5 Å². The predicted molar refractivity (Wildman–Crippen MR) is 101 cm³/mol. The van der Waals surface area contributed by atoms with Gasteiger partial charge in [0.25, 0.3) is 0 Å². The van der Waals surface area contributed by atoms with Crippen LogP contribution in [0.2, 0.25) is 0 Å². The largest absolute Gasteiger partial charge is 0.338 e. The number of hydrogen-bond donors (Lipinski definition) is 2. The Labute approximate surface area is 149 Å². The molecule has 3 aromatic rings. The molecule has 3 rings (SSSR count). The number of benzene rings is 2. The summed E-state index contributed by atoms with van der Waals surface area (Å²) in [5.41, 5.74) is 4.35. The summed E-state index contributed by atoms with van der Waals surface area (Å²) < 4.78 is 0.963. The van der Waals surface area contributed by atoms with Crippen molar-refractivity contribution in [3.8, 4) is 0 Å². The van der Waals surface area contributed by atoms with E-state index in [1.165, 1.54) is 5.56 Å². The average molecular weight is 384 g/mol. The molecule has 2 aromatic carbocycles. The first-order chi connectivity index (χ1) is 11.7. The first kappa shape index (κ1) is 16.4. The van der Waals surface area contributed by atoms with Crippen molar-refractivity contribution < 1.29 is 0 Å². The van der Waals surface area contributed by atoms with Crippen molar-refractivity contribution in [2.24, 2.45) is 0 Å². The Kier molecular flexibility index (Phi) is 5.05. The van der Waals surface area contributed by atoms with Gasteiger partial charge in [-0.15, -0.1) is 5.10 Å². The molecular formula is C18H18BrN5. The first-order valence-corrected chi connectivity index (χ1v) is 8.53. The van der Waals surface area contributed by atoms with Gasteiger partial charge in [0.15, 0.2) is 5.82 Å². The molecule has 0 unspecified atom stereocenters. The number of nitrogens with one attached hydrogen (secondary N) is 2. The van der Waals surface area contributed by atoms with Crippen LogP contribution in [0.1, 0.15) is 18.1 Å². The van der Waals surface area contributed by atoms with Gasteiger partial charge in [-0.3, -0.25) is 0 Å². The van der Waals surface area contributed by atoms with Crippen LogP contribution in [0.3, 0.4) is 0 Å². The number of aromatic nitrogens is 3. The Morgan fingerprint density at radius 3 is 2.67 bits per heavy atom. The Bertz CT molecular complexity index is 850. The smallest absolute Gasteiger partial charge is 0.249 e. The summed E-state index contributed by atoms with van der Waals surface area (Å²) in [5.74, 6) is 1.10. The Balaban J connectivity index is 1.85. The third-order valence-corrected chi connectivity index (χ3v) is 4.36. The number of para-hydroxylation sites is 2. The average Bonchev–Trinajstić information content (AvgIpc) is 2.59. The molecule has 24 heavy (non-hydrogen) atoms. The second-order valence-electron chi connectivity index (χ2n) is 5.36. The number of nitrogens with zero attached hydrogens (tertiary/aromatic N) is 3. The van der Waals surface area contributed by atoms with Crippen molar-refractivity contribution in [3.05, 3.63) is 64.3 Å². The molecule has 122 valence electrons. The zero-order valence-corrected chi connectivity index (χ0v) is 15.1. The second-order valence-corrected chi connectivity index (χ2v) is 6.21. The maximum absolute atomic E-state index is 4.50. The van der Waals surface area contributed by atoms with Crippen molar-refractivity contribution in [2.45, 2.75) is 20.3 Å². The minimum atomic E-state index is 0.469. The Morgan fingerprint density at radius 1 is 1.04 bits per heavy atom. The van der Waals surface area contributed by atoms with Gasteiger partial charge in [-0.2, -0.15) is 10.1 Å². The van der Waals surface area contributed by atoms with Crippen LogP contribution in [0.15, 0.2) is 53.1 Å². The summed E-state index contributed by atoms with van der Waals surface area (Å²) in [7, 11) is 0. The topological polar surface area (TPSA) is 62.7 Å². The van der Waals surface area contributed by atoms with Gasteiger partial charge in [-0.25, -0.2) is 0 Å². The number of rotatable bonds is 5. The van der Waals surface area contributed by atoms with E-state index in [-0.39, 0.29) is 0 Å². The highest BCUT2D eigenvalue weighted by atomic mass is 79.9. The van der Waals surface area contributed by atoms with Crippen LogP contribution < -0.4 is 10.6 Å². The van der Waals surface area contributed by atoms with Crippen molar-refractivity contribution in [3.63, 3.8) is 0 Å². The van der Waals surface area contributed by atoms with E-state index in [2.05, 4.69) is 73.8 Å². The molecule has 0 amide bonds. The van der Waals surface area contributed by atoms with Gasteiger partial charge in [0.1, 0.15) is 0 Å². The van der Waals surface area contributed by atoms with Gasteiger partial charge in [0.2, 0.25) is 5.95 Å². The minimum Gasteiger partial charge on any atom is -0.338 e. The number of aryl methyl sites for hydroxylation is 2. The van der Waals surface area contributed by atoms with E-state index in [4.69, 9.17) is 0 Å². The summed E-state index contributed by atoms with van der Waals surface area (Å²) in [4.78, 5) is 4.50. The molecule has 0 bridgehead atoms. The molecule has 6 heteroatoms. The van der Waals surface area contributed by atoms with Crippen LogP contribution in [0.4, 0.5) is 23.1 Å². The van der Waals surface area contributed by atoms with E-state index in [1.54, 1.807) is 6.20 Å². The fraction of sp³-hybridized carbons (Fsp3) is 0.167. The van der Waals surface area contributed by atoms with E-state index >= 15 is 0 Å². The molecule has 0 saturated carbocycles. The molecule has 0 atom stereocenters. The van der Waals surface area contributed by atoms with Crippen LogP contribution >= 0.6 is 15.9 Å². The van der Waals surface area contributed by atoms with Crippen LogP contribution in [-0.4, -0.2) is 15.2 Å². The molecular weight excluding hydrogens is 366 g/mol. The monoisotopic (exact) mass is 383 g/mol. The molecule has 0 aliphatic rings. The molecule has 0 aliphatic carbocycles. The van der Waals surface area contributed by atoms with E-state index in [1.807, 2.05) is 24.3 Å². The summed E-state index contributed by atoms with van der Waals surface area (Å²) in [6.45, 7) is 4.20. The van der Waals surface area contributed by atoms with E-state index in [9.17, 15) is 0 Å². The molecule has 0 aliphatic heterocycles. The first-order valence-electron chi connectivity index (χ1n) is 7.74. The molecule has 0 saturated heterocycles. The maximum atomic E-state index is 4.50. The molecule has 0 spiro atoms. The lowest BCUT2D eigenvalue weighted by atomic mass is 10.1. The number of halogens is 1. The van der Waals surface area contributed by atoms with Gasteiger partial charge in [-0.1, -0.05) is 37.3 Å². The highest BCUT2D eigenvalue weighted by Crippen LogP contribution is 2.26. The summed E-state index contributed by atoms with van der Waals surface area (Å²) >= 11 is 3.51. The lowest BCUT2D eigenvalue weighted by Crippen LogP contribution is -2.05. The minimum absolute atomic E-state index is 0.469. The summed E-state index contributed by atoms with van der Waals surface area (Å²) in [5, 5.41) is 14.7. The van der Waals surface area contributed by atoms with E-state index in [0.717, 1.165) is 27.8 Å². The quantitative estimate of drug-likeness (QED) is 0.649. The molecule has 5 nitrogen and oxygen atoms in total. The molecule has 0 fully saturated rings. The Hall–Kier alpha value is -2.47. The fourth-order valence-corrected chi connectivity index (χ4v) is 2.82. The van der Waals surface area contributed by atoms with Crippen LogP contribution in [0, 0.1) is 6.92 Å². The molecule has 2 N–H and O–H groups in total. The van der Waals surface area contributed by atoms with Crippen LogP contribution in [0.5, 0.6) is 0 Å². The zero-order chi connectivity index (χ0) is 16.9. The normalized spacial score (nSPS) is 10.5. The van der Waals surface area contributed by atoms with Gasteiger partial charge in [0.05, 0.1) is 11.9 Å². The van der Waals surface area contributed by atoms with E-state index < -0.39 is 0 Å². The molecule has 1 aromatic heterocycles. The Morgan fingerprint density at radius 2 is 1.88 bits per heavy atom. The maximum Gasteiger partial charge on any atom is 0.249 e. The van der Waals surface area contributed by atoms with Crippen LogP contribution in [-0.2, 0) is 6.42 Å². The molecule has 1 heterocycles. The SMILES string of the molecule is CCc1cccc(C)c1Nc1nncc(Nc2ccccc2Br)n1. The third-order valence-electron chi connectivity index (χ3n) is 3.67. The second kappa shape index (κ2) is 7.40. The molecule has 0 radical (unpaired) electrons. The van der Waals surface area contributed by atoms with Crippen molar-refractivity contribution in [1.82, 2.24) is 15.2 Å². The number of anilines is 4. The predicted octanol–water partition coefficient (Wildman–Crippen LogP) is 4.99. The lowest BCUT2D eigenvalue weighted by molar-refractivity contribution is 0.979. The van der Waals surface area contributed by atoms with Crippen molar-refractivity contribution >= 4 is 39.1 Å². The van der Waals surface area contributed by atoms with Crippen LogP contribution in [0.25, 0.3) is 0 Å². The third kappa shape index (κ3) is 3.71. The highest BCUT2D eigenvalue weighted by Gasteiger charge is 2.08. The zero-order valence-electron chi connectivity index (χ0n) is 13.5. The van der Waals surface area contributed by atoms with E-state index in [0.29, 0.717) is 11.8 Å². The van der Waals surface area contributed by atoms with Gasteiger partial charge in [0, 0.05) is 10.2 Å². The lowest BCUT2D eigenvalue weighted by Gasteiger charge is -2.13. The van der Waals surface area contributed by atoms with Crippen molar-refractivity contribution in [2.75, 3.05) is 10.6 Å². The number of hydrogen-bond acceptors (Lipinski definition) is 5. The highest BCUT2D eigenvalue weighted by molar-refractivity contribution is 9.10. The van der Waals surface area contributed by atoms with Crippen molar-refractivity contribution in [1.29, 1.82) is 0 Å². The fourth-order valence-electron chi connectivity index (χ4n) is 2.43. The van der Waals surface area contributed by atoms with Gasteiger partial charge >= 0.3 is 0 Å². The summed E-state index contributed by atoms with van der Waals surface area (Å²) in [6.07, 6.45) is 2.54. The standard InChI is InChI=1S/C18H18BrN5/c1-3-13-8-6-7-12(2)17(13)23-18-22-16(11-20-24-18)21-15-10-5-4-9-14(15)19/h4-11H,3H2,1-2H3,(H2,21,22,23,24). The summed E-state index contributed by atoms with van der Waals surface area (Å²) in [6, 6.07) is 14.1.